The first-order valence-corrected chi connectivity index (χ1v) is 8.27. The SMILES string of the molecule is COCCOCCNc1ncnc2c1cnn2-c1cc(C)cc(C)c1. The van der Waals surface area contributed by atoms with E-state index in [9.17, 15) is 0 Å². The lowest BCUT2D eigenvalue weighted by Gasteiger charge is -2.08. The lowest BCUT2D eigenvalue weighted by atomic mass is 10.1. The van der Waals surface area contributed by atoms with Crippen LogP contribution in [-0.4, -0.2) is 53.2 Å². The van der Waals surface area contributed by atoms with E-state index < -0.39 is 0 Å². The van der Waals surface area contributed by atoms with Gasteiger partial charge in [-0.3, -0.25) is 0 Å². The van der Waals surface area contributed by atoms with Crippen LogP contribution in [0, 0.1) is 13.8 Å². The Morgan fingerprint density at radius 3 is 2.60 bits per heavy atom. The zero-order chi connectivity index (χ0) is 17.6. The van der Waals surface area contributed by atoms with Crippen molar-refractivity contribution in [1.29, 1.82) is 0 Å². The van der Waals surface area contributed by atoms with Crippen LogP contribution >= 0.6 is 0 Å². The Labute approximate surface area is 147 Å². The number of hydrogen-bond acceptors (Lipinski definition) is 6. The van der Waals surface area contributed by atoms with Gasteiger partial charge in [-0.15, -0.1) is 0 Å². The number of aryl methyl sites for hydroxylation is 2. The predicted molar refractivity (Wildman–Crippen MR) is 97.3 cm³/mol. The minimum absolute atomic E-state index is 0.583. The maximum Gasteiger partial charge on any atom is 0.168 e. The molecule has 3 rings (SSSR count). The van der Waals surface area contributed by atoms with E-state index in [2.05, 4.69) is 52.4 Å². The van der Waals surface area contributed by atoms with Crippen LogP contribution in [0.4, 0.5) is 5.82 Å². The van der Waals surface area contributed by atoms with E-state index in [4.69, 9.17) is 9.47 Å². The second-order valence-electron chi connectivity index (χ2n) is 5.89. The molecular weight excluding hydrogens is 318 g/mol. The molecule has 25 heavy (non-hydrogen) atoms. The largest absolute Gasteiger partial charge is 0.382 e. The first kappa shape index (κ1) is 17.3. The molecule has 7 heteroatoms. The molecule has 0 bridgehead atoms. The number of hydrogen-bond donors (Lipinski definition) is 1. The summed E-state index contributed by atoms with van der Waals surface area (Å²) in [7, 11) is 1.66. The summed E-state index contributed by atoms with van der Waals surface area (Å²) >= 11 is 0. The maximum absolute atomic E-state index is 5.46. The summed E-state index contributed by atoms with van der Waals surface area (Å²) in [6.45, 7) is 6.58. The quantitative estimate of drug-likeness (QED) is 0.635. The molecule has 7 nitrogen and oxygen atoms in total. The van der Waals surface area contributed by atoms with Gasteiger partial charge in [0, 0.05) is 13.7 Å². The van der Waals surface area contributed by atoms with Crippen LogP contribution in [0.15, 0.2) is 30.7 Å². The molecule has 0 fully saturated rings. The molecular formula is C18H23N5O2. The summed E-state index contributed by atoms with van der Waals surface area (Å²) in [6.07, 6.45) is 3.35. The second-order valence-corrected chi connectivity index (χ2v) is 5.89. The molecule has 1 N–H and O–H groups in total. The summed E-state index contributed by atoms with van der Waals surface area (Å²) in [5.74, 6) is 0.760. The van der Waals surface area contributed by atoms with Gasteiger partial charge in [0.15, 0.2) is 5.65 Å². The monoisotopic (exact) mass is 341 g/mol. The third-order valence-corrected chi connectivity index (χ3v) is 3.79. The smallest absolute Gasteiger partial charge is 0.168 e. The molecule has 1 aromatic carbocycles. The maximum atomic E-state index is 5.46. The number of fused-ring (bicyclic) bond motifs is 1. The summed E-state index contributed by atoms with van der Waals surface area (Å²) in [5.41, 5.74) is 4.17. The van der Waals surface area contributed by atoms with Gasteiger partial charge in [0.25, 0.3) is 0 Å². The second kappa shape index (κ2) is 8.04. The zero-order valence-electron chi connectivity index (χ0n) is 14.8. The Balaban J connectivity index is 1.78. The average molecular weight is 341 g/mol. The highest BCUT2D eigenvalue weighted by Gasteiger charge is 2.11. The Bertz CT molecular complexity index is 826. The topological polar surface area (TPSA) is 74.1 Å². The average Bonchev–Trinajstić information content (AvgIpc) is 3.02. The van der Waals surface area contributed by atoms with Crippen molar-refractivity contribution >= 4 is 16.9 Å². The van der Waals surface area contributed by atoms with Crippen LogP contribution < -0.4 is 5.32 Å². The van der Waals surface area contributed by atoms with E-state index in [0.29, 0.717) is 26.4 Å². The Kier molecular flexibility index (Phi) is 5.57. The zero-order valence-corrected chi connectivity index (χ0v) is 14.8. The number of methoxy groups -OCH3 is 1. The lowest BCUT2D eigenvalue weighted by Crippen LogP contribution is -2.13. The van der Waals surface area contributed by atoms with Crippen LogP contribution in [0.25, 0.3) is 16.7 Å². The van der Waals surface area contributed by atoms with Gasteiger partial charge in [-0.1, -0.05) is 6.07 Å². The molecule has 0 aliphatic heterocycles. The molecule has 0 saturated carbocycles. The van der Waals surface area contributed by atoms with Crippen LogP contribution in [0.5, 0.6) is 0 Å². The van der Waals surface area contributed by atoms with E-state index >= 15 is 0 Å². The fraction of sp³-hybridized carbons (Fsp3) is 0.389. The van der Waals surface area contributed by atoms with Crippen molar-refractivity contribution < 1.29 is 9.47 Å². The molecule has 2 heterocycles. The van der Waals surface area contributed by atoms with E-state index in [1.165, 1.54) is 11.1 Å². The third kappa shape index (κ3) is 4.12. The van der Waals surface area contributed by atoms with Gasteiger partial charge in [-0.05, 0) is 37.1 Å². The highest BCUT2D eigenvalue weighted by molar-refractivity contribution is 5.87. The number of ether oxygens (including phenoxy) is 2. The molecule has 0 spiro atoms. The number of rotatable bonds is 8. The van der Waals surface area contributed by atoms with E-state index in [0.717, 1.165) is 22.5 Å². The molecule has 132 valence electrons. The molecule has 0 amide bonds. The molecule has 0 atom stereocenters. The molecule has 2 aromatic heterocycles. The van der Waals surface area contributed by atoms with Crippen LogP contribution in [0.3, 0.4) is 0 Å². The van der Waals surface area contributed by atoms with Gasteiger partial charge in [-0.2, -0.15) is 5.10 Å². The standard InChI is InChI=1S/C18H23N5O2/c1-13-8-14(2)10-15(9-13)23-18-16(11-22-23)17(20-12-21-18)19-4-5-25-7-6-24-3/h8-12H,4-7H2,1-3H3,(H,19,20,21). The fourth-order valence-corrected chi connectivity index (χ4v) is 2.73. The summed E-state index contributed by atoms with van der Waals surface area (Å²) in [4.78, 5) is 8.74. The van der Waals surface area contributed by atoms with Gasteiger partial charge >= 0.3 is 0 Å². The van der Waals surface area contributed by atoms with Crippen LogP contribution in [0.2, 0.25) is 0 Å². The Morgan fingerprint density at radius 2 is 1.84 bits per heavy atom. The lowest BCUT2D eigenvalue weighted by molar-refractivity contribution is 0.0759. The number of aromatic nitrogens is 4. The molecule has 0 unspecified atom stereocenters. The van der Waals surface area contributed by atoms with Gasteiger partial charge in [0.1, 0.15) is 12.1 Å². The van der Waals surface area contributed by atoms with Crippen molar-refractivity contribution in [2.24, 2.45) is 0 Å². The molecule has 0 aliphatic carbocycles. The van der Waals surface area contributed by atoms with Crippen molar-refractivity contribution in [1.82, 2.24) is 19.7 Å². The normalized spacial score (nSPS) is 11.2. The molecule has 0 aliphatic rings. The van der Waals surface area contributed by atoms with Gasteiger partial charge in [0.2, 0.25) is 0 Å². The summed E-state index contributed by atoms with van der Waals surface area (Å²) < 4.78 is 12.3. The van der Waals surface area contributed by atoms with Crippen molar-refractivity contribution in [3.05, 3.63) is 41.9 Å². The Hall–Kier alpha value is -2.51. The highest BCUT2D eigenvalue weighted by Crippen LogP contribution is 2.22. The molecule has 0 radical (unpaired) electrons. The Morgan fingerprint density at radius 1 is 1.04 bits per heavy atom. The predicted octanol–water partition coefficient (Wildman–Crippen LogP) is 2.51. The van der Waals surface area contributed by atoms with Crippen molar-refractivity contribution in [2.45, 2.75) is 13.8 Å². The summed E-state index contributed by atoms with van der Waals surface area (Å²) in [6, 6.07) is 6.33. The van der Waals surface area contributed by atoms with Gasteiger partial charge in [0.05, 0.1) is 37.1 Å². The minimum Gasteiger partial charge on any atom is -0.382 e. The number of nitrogens with one attached hydrogen (secondary N) is 1. The van der Waals surface area contributed by atoms with Crippen molar-refractivity contribution in [3.8, 4) is 5.69 Å². The molecule has 3 aromatic rings. The minimum atomic E-state index is 0.583. The number of benzene rings is 1. The first-order valence-electron chi connectivity index (χ1n) is 8.27. The van der Waals surface area contributed by atoms with Crippen molar-refractivity contribution in [2.75, 3.05) is 38.8 Å². The van der Waals surface area contributed by atoms with Crippen molar-refractivity contribution in [3.63, 3.8) is 0 Å². The number of nitrogens with zero attached hydrogens (tertiary/aromatic N) is 4. The van der Waals surface area contributed by atoms with E-state index in [1.807, 2.05) is 4.68 Å². The van der Waals surface area contributed by atoms with Crippen LogP contribution in [-0.2, 0) is 9.47 Å². The third-order valence-electron chi connectivity index (χ3n) is 3.79. The highest BCUT2D eigenvalue weighted by atomic mass is 16.5. The fourth-order valence-electron chi connectivity index (χ4n) is 2.73. The van der Waals surface area contributed by atoms with Crippen LogP contribution in [0.1, 0.15) is 11.1 Å². The van der Waals surface area contributed by atoms with Gasteiger partial charge < -0.3 is 14.8 Å². The first-order chi connectivity index (χ1) is 12.2. The van der Waals surface area contributed by atoms with E-state index in [1.54, 1.807) is 19.6 Å². The van der Waals surface area contributed by atoms with E-state index in [-0.39, 0.29) is 0 Å². The van der Waals surface area contributed by atoms with Gasteiger partial charge in [-0.25, -0.2) is 14.6 Å². The number of anilines is 1. The molecule has 0 saturated heterocycles. The summed E-state index contributed by atoms with van der Waals surface area (Å²) in [5, 5.41) is 8.67.